The molecule has 1 aromatic heterocycles. The summed E-state index contributed by atoms with van der Waals surface area (Å²) in [6.45, 7) is 6.88. The Morgan fingerprint density at radius 3 is 2.33 bits per heavy atom. The third kappa shape index (κ3) is 4.01. The van der Waals surface area contributed by atoms with Crippen LogP contribution in [0.3, 0.4) is 0 Å². The number of nitrogens with one attached hydrogen (secondary N) is 1. The van der Waals surface area contributed by atoms with Crippen molar-refractivity contribution in [2.24, 2.45) is 11.8 Å². The molecule has 3 amide bonds. The number of ether oxygens (including phenoxy) is 1. The molecule has 2 heterocycles. The van der Waals surface area contributed by atoms with Gasteiger partial charge in [-0.15, -0.1) is 0 Å². The van der Waals surface area contributed by atoms with Crippen LogP contribution in [-0.4, -0.2) is 50.5 Å². The molecule has 162 valence electrons. The summed E-state index contributed by atoms with van der Waals surface area (Å²) in [5.74, 6) is -2.34. The molecule has 3 rings (SSSR count). The number of fused-ring (bicyclic) bond motifs is 1. The van der Waals surface area contributed by atoms with Gasteiger partial charge in [0.1, 0.15) is 11.9 Å². The van der Waals surface area contributed by atoms with E-state index in [0.29, 0.717) is 18.7 Å². The van der Waals surface area contributed by atoms with Gasteiger partial charge in [-0.2, -0.15) is 5.10 Å². The van der Waals surface area contributed by atoms with Crippen LogP contribution in [0.5, 0.6) is 0 Å². The molecule has 0 bridgehead atoms. The number of hydrogen-bond donors (Lipinski definition) is 1. The van der Waals surface area contributed by atoms with E-state index in [9.17, 15) is 19.2 Å². The summed E-state index contributed by atoms with van der Waals surface area (Å²) in [5, 5.41) is 6.91. The number of imide groups is 1. The number of carbonyl (C=O) groups excluding carboxylic acids is 4. The van der Waals surface area contributed by atoms with Crippen molar-refractivity contribution in [2.75, 3.05) is 5.32 Å². The molecule has 1 N–H and O–H groups in total. The van der Waals surface area contributed by atoms with Gasteiger partial charge in [-0.1, -0.05) is 19.1 Å². The van der Waals surface area contributed by atoms with E-state index in [1.165, 1.54) is 13.8 Å². The highest BCUT2D eigenvalue weighted by Gasteiger charge is 2.50. The summed E-state index contributed by atoms with van der Waals surface area (Å²) in [4.78, 5) is 51.3. The summed E-state index contributed by atoms with van der Waals surface area (Å²) < 4.78 is 6.96. The Morgan fingerprint density at radius 2 is 1.77 bits per heavy atom. The smallest absolute Gasteiger partial charge is 0.329 e. The molecule has 0 saturated carbocycles. The highest BCUT2D eigenvalue weighted by Crippen LogP contribution is 2.36. The van der Waals surface area contributed by atoms with E-state index < -0.39 is 35.9 Å². The van der Waals surface area contributed by atoms with Gasteiger partial charge in [-0.3, -0.25) is 19.3 Å². The van der Waals surface area contributed by atoms with Crippen LogP contribution in [0.1, 0.15) is 53.0 Å². The minimum atomic E-state index is -1.10. The zero-order valence-corrected chi connectivity index (χ0v) is 17.7. The van der Waals surface area contributed by atoms with E-state index >= 15 is 0 Å². The fraction of sp³-hybridized carbons (Fsp3) is 0.571. The highest BCUT2D eigenvalue weighted by molar-refractivity contribution is 6.08. The molecular weight excluding hydrogens is 388 g/mol. The average Bonchev–Trinajstić information content (AvgIpc) is 3.29. The lowest BCUT2D eigenvalue weighted by Gasteiger charge is -2.23. The van der Waals surface area contributed by atoms with Crippen molar-refractivity contribution >= 4 is 29.5 Å². The molecule has 1 aliphatic heterocycles. The number of nitrogens with zero attached hydrogens (tertiary/aromatic N) is 3. The topological polar surface area (TPSA) is 111 Å². The molecule has 2 aliphatic rings. The van der Waals surface area contributed by atoms with Crippen LogP contribution >= 0.6 is 0 Å². The van der Waals surface area contributed by atoms with Gasteiger partial charge in [0.25, 0.3) is 5.91 Å². The van der Waals surface area contributed by atoms with Gasteiger partial charge in [-0.05, 0) is 40.0 Å². The molecule has 1 aliphatic carbocycles. The molecule has 0 spiro atoms. The third-order valence-electron chi connectivity index (χ3n) is 5.86. The minimum absolute atomic E-state index is 0.0957. The van der Waals surface area contributed by atoms with E-state index in [1.54, 1.807) is 16.9 Å². The van der Waals surface area contributed by atoms with Crippen molar-refractivity contribution in [1.82, 2.24) is 14.7 Å². The first-order valence-corrected chi connectivity index (χ1v) is 10.3. The second-order valence-electron chi connectivity index (χ2n) is 7.86. The zero-order valence-electron chi connectivity index (χ0n) is 17.7. The fourth-order valence-corrected chi connectivity index (χ4v) is 3.80. The number of rotatable bonds is 7. The predicted octanol–water partition coefficient (Wildman–Crippen LogP) is 2.06. The van der Waals surface area contributed by atoms with Crippen molar-refractivity contribution in [2.45, 2.75) is 65.1 Å². The lowest BCUT2D eigenvalue weighted by atomic mass is 9.85. The van der Waals surface area contributed by atoms with Gasteiger partial charge in [0.05, 0.1) is 24.1 Å². The van der Waals surface area contributed by atoms with Crippen molar-refractivity contribution in [3.8, 4) is 0 Å². The molecule has 1 saturated heterocycles. The number of amides is 3. The van der Waals surface area contributed by atoms with Gasteiger partial charge >= 0.3 is 5.97 Å². The SMILES string of the molecule is CC[C@H](C)n1nccc1NC(=O)[C@@H](C)OC(=O)[C@@H](C)N1C(=O)[C@H]2CC=CC[C@H]2C1=O. The molecular formula is C21H28N4O5. The second kappa shape index (κ2) is 8.81. The Labute approximate surface area is 175 Å². The summed E-state index contributed by atoms with van der Waals surface area (Å²) in [6, 6.07) is 0.674. The van der Waals surface area contributed by atoms with Crippen molar-refractivity contribution in [1.29, 1.82) is 0 Å². The molecule has 5 atom stereocenters. The van der Waals surface area contributed by atoms with Crippen LogP contribution in [0.2, 0.25) is 0 Å². The van der Waals surface area contributed by atoms with Crippen LogP contribution in [0, 0.1) is 11.8 Å². The quantitative estimate of drug-likeness (QED) is 0.414. The molecule has 0 radical (unpaired) electrons. The van der Waals surface area contributed by atoms with Crippen LogP contribution in [0.4, 0.5) is 5.82 Å². The lowest BCUT2D eigenvalue weighted by Crippen LogP contribution is -2.46. The van der Waals surface area contributed by atoms with Gasteiger partial charge in [0.15, 0.2) is 6.10 Å². The normalized spacial score (nSPS) is 23.7. The summed E-state index contributed by atoms with van der Waals surface area (Å²) in [5.41, 5.74) is 0. The number of allylic oxidation sites excluding steroid dienone is 2. The van der Waals surface area contributed by atoms with E-state index in [2.05, 4.69) is 10.4 Å². The average molecular weight is 416 g/mol. The Balaban J connectivity index is 1.61. The number of esters is 1. The molecule has 0 aromatic carbocycles. The first-order valence-electron chi connectivity index (χ1n) is 10.3. The number of likely N-dealkylation sites (tertiary alicyclic amines) is 1. The minimum Gasteiger partial charge on any atom is -0.451 e. The van der Waals surface area contributed by atoms with Gasteiger partial charge in [0, 0.05) is 6.07 Å². The summed E-state index contributed by atoms with van der Waals surface area (Å²) in [6.07, 6.45) is 6.08. The van der Waals surface area contributed by atoms with E-state index in [4.69, 9.17) is 4.74 Å². The standard InChI is InChI=1S/C21H28N4O5/c1-5-12(2)25-17(10-11-22-25)23-18(26)14(4)30-21(29)13(3)24-19(27)15-8-6-7-9-16(15)20(24)28/h6-7,10-16H,5,8-9H2,1-4H3,(H,23,26)/t12-,13+,14+,15-,16+/m0/s1. The van der Waals surface area contributed by atoms with Gasteiger partial charge < -0.3 is 10.1 Å². The number of anilines is 1. The Kier molecular flexibility index (Phi) is 6.38. The van der Waals surface area contributed by atoms with E-state index in [0.717, 1.165) is 11.3 Å². The molecule has 1 fully saturated rings. The van der Waals surface area contributed by atoms with Crippen molar-refractivity contribution in [3.05, 3.63) is 24.4 Å². The van der Waals surface area contributed by atoms with Crippen molar-refractivity contribution in [3.63, 3.8) is 0 Å². The van der Waals surface area contributed by atoms with Gasteiger partial charge in [-0.25, -0.2) is 9.48 Å². The van der Waals surface area contributed by atoms with Crippen LogP contribution in [-0.2, 0) is 23.9 Å². The predicted molar refractivity (Wildman–Crippen MR) is 108 cm³/mol. The monoisotopic (exact) mass is 416 g/mol. The molecule has 0 unspecified atom stereocenters. The number of hydrogen-bond acceptors (Lipinski definition) is 6. The fourth-order valence-electron chi connectivity index (χ4n) is 3.80. The first-order chi connectivity index (χ1) is 14.3. The molecule has 30 heavy (non-hydrogen) atoms. The Hall–Kier alpha value is -2.97. The Bertz CT molecular complexity index is 851. The number of aromatic nitrogens is 2. The number of carbonyl (C=O) groups is 4. The first kappa shape index (κ1) is 21.7. The maximum atomic E-state index is 12.6. The molecule has 9 nitrogen and oxygen atoms in total. The summed E-state index contributed by atoms with van der Waals surface area (Å²) >= 11 is 0. The molecule has 9 heteroatoms. The van der Waals surface area contributed by atoms with E-state index in [-0.39, 0.29) is 17.9 Å². The Morgan fingerprint density at radius 1 is 1.17 bits per heavy atom. The van der Waals surface area contributed by atoms with Gasteiger partial charge in [0.2, 0.25) is 11.8 Å². The van der Waals surface area contributed by atoms with Crippen LogP contribution < -0.4 is 5.32 Å². The highest BCUT2D eigenvalue weighted by atomic mass is 16.5. The summed E-state index contributed by atoms with van der Waals surface area (Å²) in [7, 11) is 0. The van der Waals surface area contributed by atoms with Crippen LogP contribution in [0.15, 0.2) is 24.4 Å². The second-order valence-corrected chi connectivity index (χ2v) is 7.86. The van der Waals surface area contributed by atoms with Crippen LogP contribution in [0.25, 0.3) is 0 Å². The third-order valence-corrected chi connectivity index (χ3v) is 5.86. The van der Waals surface area contributed by atoms with Crippen molar-refractivity contribution < 1.29 is 23.9 Å². The zero-order chi connectivity index (χ0) is 22.0. The largest absolute Gasteiger partial charge is 0.451 e. The van der Waals surface area contributed by atoms with E-state index in [1.807, 2.05) is 26.0 Å². The molecule has 1 aromatic rings. The lowest BCUT2D eigenvalue weighted by molar-refractivity contribution is -0.163. The maximum absolute atomic E-state index is 12.6. The maximum Gasteiger partial charge on any atom is 0.329 e.